The summed E-state index contributed by atoms with van der Waals surface area (Å²) in [5, 5.41) is 2.99. The summed E-state index contributed by atoms with van der Waals surface area (Å²) in [6.07, 6.45) is 4.06. The molecule has 1 unspecified atom stereocenters. The molecule has 12 heavy (non-hydrogen) atoms. The Bertz CT molecular complexity index is 171. The van der Waals surface area contributed by atoms with Crippen molar-refractivity contribution in [2.75, 3.05) is 13.2 Å². The van der Waals surface area contributed by atoms with Crippen LogP contribution in [0, 0.1) is 5.92 Å². The molecule has 1 atom stereocenters. The zero-order valence-corrected chi connectivity index (χ0v) is 7.21. The molecule has 1 aliphatic carbocycles. The quantitative estimate of drug-likeness (QED) is 0.675. The highest BCUT2D eigenvalue weighted by molar-refractivity contribution is 5.76. The van der Waals surface area contributed by atoms with Crippen LogP contribution in [0.3, 0.4) is 0 Å². The second-order valence-corrected chi connectivity index (χ2v) is 3.78. The molecular formula is C9H15NO2. The van der Waals surface area contributed by atoms with Crippen LogP contribution in [0.1, 0.15) is 25.7 Å². The van der Waals surface area contributed by atoms with Crippen LogP contribution in [-0.2, 0) is 9.53 Å². The molecule has 2 aliphatic rings. The van der Waals surface area contributed by atoms with Gasteiger partial charge in [-0.15, -0.1) is 0 Å². The van der Waals surface area contributed by atoms with Crippen molar-refractivity contribution in [3.8, 4) is 0 Å². The van der Waals surface area contributed by atoms with Gasteiger partial charge in [-0.05, 0) is 25.2 Å². The van der Waals surface area contributed by atoms with Crippen molar-refractivity contribution < 1.29 is 9.53 Å². The molecule has 0 aromatic rings. The lowest BCUT2D eigenvalue weighted by atomic mass is 10.1. The van der Waals surface area contributed by atoms with Crippen molar-refractivity contribution in [3.63, 3.8) is 0 Å². The number of ether oxygens (including phenoxy) is 1. The minimum absolute atomic E-state index is 0.216. The van der Waals surface area contributed by atoms with E-state index in [1.165, 1.54) is 12.8 Å². The fourth-order valence-electron chi connectivity index (χ4n) is 1.52. The number of nitrogens with one attached hydrogen (secondary N) is 1. The maximum absolute atomic E-state index is 11.3. The highest BCUT2D eigenvalue weighted by atomic mass is 16.5. The minimum Gasteiger partial charge on any atom is -0.381 e. The first-order valence-corrected chi connectivity index (χ1v) is 4.71. The Morgan fingerprint density at radius 3 is 2.83 bits per heavy atom. The number of carbonyl (C=O) groups is 1. The second-order valence-electron chi connectivity index (χ2n) is 3.78. The monoisotopic (exact) mass is 169 g/mol. The second kappa shape index (κ2) is 3.44. The zero-order chi connectivity index (χ0) is 8.39. The summed E-state index contributed by atoms with van der Waals surface area (Å²) in [6.45, 7) is 1.61. The van der Waals surface area contributed by atoms with Crippen LogP contribution in [-0.4, -0.2) is 25.2 Å². The summed E-state index contributed by atoms with van der Waals surface area (Å²) in [5.74, 6) is 0.691. The fourth-order valence-corrected chi connectivity index (χ4v) is 1.52. The van der Waals surface area contributed by atoms with E-state index in [-0.39, 0.29) is 5.91 Å². The lowest BCUT2D eigenvalue weighted by molar-refractivity contribution is -0.122. The summed E-state index contributed by atoms with van der Waals surface area (Å²) in [7, 11) is 0. The van der Waals surface area contributed by atoms with Crippen molar-refractivity contribution in [2.45, 2.75) is 31.7 Å². The summed E-state index contributed by atoms with van der Waals surface area (Å²) in [4.78, 5) is 11.3. The third-order valence-corrected chi connectivity index (χ3v) is 2.44. The molecule has 0 bridgehead atoms. The Hall–Kier alpha value is -0.570. The van der Waals surface area contributed by atoms with Gasteiger partial charge in [-0.25, -0.2) is 0 Å². The number of hydrogen-bond donors (Lipinski definition) is 1. The molecule has 1 heterocycles. The minimum atomic E-state index is 0.216. The van der Waals surface area contributed by atoms with Crippen LogP contribution in [0.5, 0.6) is 0 Å². The van der Waals surface area contributed by atoms with Crippen LogP contribution < -0.4 is 5.32 Å². The smallest absolute Gasteiger partial charge is 0.220 e. The van der Waals surface area contributed by atoms with Crippen molar-refractivity contribution in [1.29, 1.82) is 0 Å². The molecule has 1 N–H and O–H groups in total. The molecular weight excluding hydrogens is 154 g/mol. The van der Waals surface area contributed by atoms with E-state index >= 15 is 0 Å². The third-order valence-electron chi connectivity index (χ3n) is 2.44. The average Bonchev–Trinajstić information content (AvgIpc) is 2.66. The number of hydrogen-bond acceptors (Lipinski definition) is 2. The molecule has 0 aromatic carbocycles. The number of carbonyl (C=O) groups excluding carboxylic acids is 1. The van der Waals surface area contributed by atoms with Gasteiger partial charge < -0.3 is 10.1 Å². The lowest BCUT2D eigenvalue weighted by Crippen LogP contribution is -2.27. The highest BCUT2D eigenvalue weighted by Crippen LogP contribution is 2.20. The molecule has 0 radical (unpaired) electrons. The van der Waals surface area contributed by atoms with E-state index in [1.54, 1.807) is 0 Å². The van der Waals surface area contributed by atoms with E-state index in [0.717, 1.165) is 19.6 Å². The van der Waals surface area contributed by atoms with E-state index in [1.807, 2.05) is 0 Å². The Kier molecular flexibility index (Phi) is 2.30. The maximum atomic E-state index is 11.3. The van der Waals surface area contributed by atoms with Gasteiger partial charge in [0, 0.05) is 25.7 Å². The molecule has 3 heteroatoms. The predicted molar refractivity (Wildman–Crippen MR) is 44.7 cm³/mol. The predicted octanol–water partition coefficient (Wildman–Crippen LogP) is 0.692. The first-order valence-electron chi connectivity index (χ1n) is 4.71. The van der Waals surface area contributed by atoms with Crippen molar-refractivity contribution >= 4 is 5.91 Å². The van der Waals surface area contributed by atoms with Crippen LogP contribution in [0.25, 0.3) is 0 Å². The summed E-state index contributed by atoms with van der Waals surface area (Å²) in [6, 6.07) is 0.500. The SMILES string of the molecule is O=C(CC1CCOC1)NC1CC1. The summed E-state index contributed by atoms with van der Waals surface area (Å²) < 4.78 is 5.20. The van der Waals surface area contributed by atoms with Gasteiger partial charge in [0.2, 0.25) is 5.91 Å². The van der Waals surface area contributed by atoms with Gasteiger partial charge in [0.05, 0.1) is 0 Å². The van der Waals surface area contributed by atoms with Crippen molar-refractivity contribution in [3.05, 3.63) is 0 Å². The topological polar surface area (TPSA) is 38.3 Å². The highest BCUT2D eigenvalue weighted by Gasteiger charge is 2.25. The Labute approximate surface area is 72.5 Å². The van der Waals surface area contributed by atoms with E-state index in [4.69, 9.17) is 4.74 Å². The molecule has 0 spiro atoms. The molecule has 1 saturated carbocycles. The van der Waals surface area contributed by atoms with Crippen LogP contribution in [0.15, 0.2) is 0 Å². The van der Waals surface area contributed by atoms with E-state index in [0.29, 0.717) is 18.4 Å². The van der Waals surface area contributed by atoms with Crippen LogP contribution in [0.2, 0.25) is 0 Å². The van der Waals surface area contributed by atoms with Gasteiger partial charge >= 0.3 is 0 Å². The molecule has 2 fully saturated rings. The molecule has 1 aliphatic heterocycles. The van der Waals surface area contributed by atoms with Crippen LogP contribution >= 0.6 is 0 Å². The number of rotatable bonds is 3. The van der Waals surface area contributed by atoms with Gasteiger partial charge in [-0.3, -0.25) is 4.79 Å². The average molecular weight is 169 g/mol. The normalized spacial score (nSPS) is 28.8. The Balaban J connectivity index is 1.66. The van der Waals surface area contributed by atoms with Gasteiger partial charge in [0.15, 0.2) is 0 Å². The maximum Gasteiger partial charge on any atom is 0.220 e. The Morgan fingerprint density at radius 2 is 2.25 bits per heavy atom. The Morgan fingerprint density at radius 1 is 1.42 bits per heavy atom. The molecule has 3 nitrogen and oxygen atoms in total. The van der Waals surface area contributed by atoms with E-state index < -0.39 is 0 Å². The summed E-state index contributed by atoms with van der Waals surface area (Å²) >= 11 is 0. The standard InChI is InChI=1S/C9H15NO2/c11-9(10-8-1-2-8)5-7-3-4-12-6-7/h7-8H,1-6H2,(H,10,11). The molecule has 0 aromatic heterocycles. The summed E-state index contributed by atoms with van der Waals surface area (Å²) in [5.41, 5.74) is 0. The van der Waals surface area contributed by atoms with Gasteiger partial charge in [0.1, 0.15) is 0 Å². The molecule has 2 rings (SSSR count). The molecule has 68 valence electrons. The fraction of sp³-hybridized carbons (Fsp3) is 0.889. The van der Waals surface area contributed by atoms with E-state index in [2.05, 4.69) is 5.32 Å². The van der Waals surface area contributed by atoms with Crippen LogP contribution in [0.4, 0.5) is 0 Å². The van der Waals surface area contributed by atoms with Gasteiger partial charge in [-0.2, -0.15) is 0 Å². The largest absolute Gasteiger partial charge is 0.381 e. The van der Waals surface area contributed by atoms with Crippen molar-refractivity contribution in [2.24, 2.45) is 5.92 Å². The molecule has 1 amide bonds. The lowest BCUT2D eigenvalue weighted by Gasteiger charge is -2.06. The third kappa shape index (κ3) is 2.21. The van der Waals surface area contributed by atoms with E-state index in [9.17, 15) is 4.79 Å². The molecule has 1 saturated heterocycles. The first-order chi connectivity index (χ1) is 5.84. The number of amides is 1. The zero-order valence-electron chi connectivity index (χ0n) is 7.21. The van der Waals surface area contributed by atoms with Crippen molar-refractivity contribution in [1.82, 2.24) is 5.32 Å². The van der Waals surface area contributed by atoms with Gasteiger partial charge in [-0.1, -0.05) is 0 Å². The first kappa shape index (κ1) is 8.05. The van der Waals surface area contributed by atoms with Gasteiger partial charge in [0.25, 0.3) is 0 Å².